The van der Waals surface area contributed by atoms with E-state index in [9.17, 15) is 14.4 Å². The van der Waals surface area contributed by atoms with Gasteiger partial charge in [-0.05, 0) is 93.8 Å². The van der Waals surface area contributed by atoms with Gasteiger partial charge in [-0.1, -0.05) is 30.3 Å². The van der Waals surface area contributed by atoms with Crippen LogP contribution in [0.5, 0.6) is 0 Å². The smallest absolute Gasteiger partial charge is 0.368 e. The molecule has 0 spiro atoms. The summed E-state index contributed by atoms with van der Waals surface area (Å²) < 4.78 is 10.4. The number of hydrogen-bond acceptors (Lipinski definition) is 9. The molecule has 218 valence electrons. The number of hydrogen-bond donors (Lipinski definition) is 2. The molecule has 8 nitrogen and oxygen atoms in total. The van der Waals surface area contributed by atoms with Crippen molar-refractivity contribution in [3.63, 3.8) is 0 Å². The molecule has 40 heavy (non-hydrogen) atoms. The van der Waals surface area contributed by atoms with Gasteiger partial charge in [-0.2, -0.15) is 11.8 Å². The maximum Gasteiger partial charge on any atom is 0.368 e. The maximum absolute atomic E-state index is 13.3. The highest BCUT2D eigenvalue weighted by Gasteiger charge is 2.32. The standard InChI is InChI=1S/C30H41N3O5S2/c1-30(2,3)38-29(36)40-25-17-24(33(4)19-25)18-31-23-15-21(20-10-8-7-9-11-20)14-22(16-23)27(34)32-26(12-13-39-6)28(35)37-5/h7-11,14-16,24-26,31H,12-13,17-19H2,1-6H3,(H,32,34)/t24-,25-,26?/m0/s1. The second-order valence-electron chi connectivity index (χ2n) is 10.9. The van der Waals surface area contributed by atoms with Crippen LogP contribution in [0.1, 0.15) is 44.0 Å². The molecule has 0 bridgehead atoms. The number of nitrogens with zero attached hydrogens (tertiary/aromatic N) is 1. The van der Waals surface area contributed by atoms with E-state index in [1.54, 1.807) is 11.8 Å². The Morgan fingerprint density at radius 3 is 2.48 bits per heavy atom. The second kappa shape index (κ2) is 14.8. The summed E-state index contributed by atoms with van der Waals surface area (Å²) in [5, 5.41) is 6.28. The van der Waals surface area contributed by atoms with Crippen molar-refractivity contribution in [3.8, 4) is 11.1 Å². The highest BCUT2D eigenvalue weighted by molar-refractivity contribution is 8.13. The lowest BCUT2D eigenvalue weighted by Gasteiger charge is -2.21. The van der Waals surface area contributed by atoms with Crippen molar-refractivity contribution in [1.29, 1.82) is 0 Å². The lowest BCUT2D eigenvalue weighted by atomic mass is 10.0. The molecule has 10 heteroatoms. The molecule has 1 unspecified atom stereocenters. The molecule has 0 saturated carbocycles. The molecule has 0 aromatic heterocycles. The Morgan fingerprint density at radius 1 is 1.10 bits per heavy atom. The molecule has 2 aromatic carbocycles. The number of likely N-dealkylation sites (tertiary alicyclic amines) is 1. The lowest BCUT2D eigenvalue weighted by molar-refractivity contribution is -0.142. The zero-order valence-electron chi connectivity index (χ0n) is 24.2. The second-order valence-corrected chi connectivity index (χ2v) is 13.1. The molecule has 1 heterocycles. The SMILES string of the molecule is COC(=O)C(CCSC)NC(=O)c1cc(NC[C@@H]2C[C@H](SC(=O)OC(C)(C)C)CN2C)cc(-c2ccccc2)c1. The third-order valence-electron chi connectivity index (χ3n) is 6.55. The molecule has 3 rings (SSSR count). The minimum absolute atomic E-state index is 0.153. The van der Waals surface area contributed by atoms with Gasteiger partial charge in [0.25, 0.3) is 5.91 Å². The minimum Gasteiger partial charge on any atom is -0.467 e. The van der Waals surface area contributed by atoms with Gasteiger partial charge in [-0.15, -0.1) is 0 Å². The Bertz CT molecular complexity index is 1160. The largest absolute Gasteiger partial charge is 0.467 e. The van der Waals surface area contributed by atoms with E-state index < -0.39 is 17.6 Å². The highest BCUT2D eigenvalue weighted by Crippen LogP contribution is 2.30. The number of nitrogens with one attached hydrogen (secondary N) is 2. The van der Waals surface area contributed by atoms with Crippen LogP contribution in [0.3, 0.4) is 0 Å². The summed E-state index contributed by atoms with van der Waals surface area (Å²) in [7, 11) is 3.39. The summed E-state index contributed by atoms with van der Waals surface area (Å²) in [4.78, 5) is 40.2. The molecule has 1 amide bonds. The van der Waals surface area contributed by atoms with Crippen molar-refractivity contribution < 1.29 is 23.9 Å². The number of anilines is 1. The van der Waals surface area contributed by atoms with Crippen molar-refractivity contribution in [2.24, 2.45) is 0 Å². The average Bonchev–Trinajstić information content (AvgIpc) is 3.26. The number of carbonyl (C=O) groups is 3. The lowest BCUT2D eigenvalue weighted by Crippen LogP contribution is -2.42. The Hall–Kier alpha value is -2.69. The van der Waals surface area contributed by atoms with E-state index in [4.69, 9.17) is 9.47 Å². The summed E-state index contributed by atoms with van der Waals surface area (Å²) in [6.45, 7) is 7.06. The van der Waals surface area contributed by atoms with Crippen LogP contribution in [-0.4, -0.2) is 84.3 Å². The molecular weight excluding hydrogens is 546 g/mol. The molecular formula is C30H41N3O5S2. The first-order valence-corrected chi connectivity index (χ1v) is 15.7. The molecule has 1 saturated heterocycles. The van der Waals surface area contributed by atoms with Gasteiger partial charge in [0.2, 0.25) is 0 Å². The van der Waals surface area contributed by atoms with E-state index in [-0.39, 0.29) is 22.5 Å². The fourth-order valence-corrected chi connectivity index (χ4v) is 6.19. The number of likely N-dealkylation sites (N-methyl/N-ethyl adjacent to an activating group) is 1. The highest BCUT2D eigenvalue weighted by atomic mass is 32.2. The van der Waals surface area contributed by atoms with Crippen LogP contribution >= 0.6 is 23.5 Å². The van der Waals surface area contributed by atoms with E-state index in [1.807, 2.05) is 75.6 Å². The Kier molecular flexibility index (Phi) is 11.8. The number of thioether (sulfide) groups is 2. The van der Waals surface area contributed by atoms with Crippen LogP contribution in [-0.2, 0) is 14.3 Å². The van der Waals surface area contributed by atoms with Gasteiger partial charge in [-0.25, -0.2) is 9.59 Å². The average molecular weight is 588 g/mol. The van der Waals surface area contributed by atoms with E-state index in [0.717, 1.165) is 35.5 Å². The third kappa shape index (κ3) is 9.74. The van der Waals surface area contributed by atoms with Crippen molar-refractivity contribution in [1.82, 2.24) is 10.2 Å². The van der Waals surface area contributed by atoms with Gasteiger partial charge in [0, 0.05) is 35.6 Å². The first-order valence-electron chi connectivity index (χ1n) is 13.4. The number of esters is 1. The molecule has 1 fully saturated rings. The summed E-state index contributed by atoms with van der Waals surface area (Å²) in [5.41, 5.74) is 2.64. The number of carbonyl (C=O) groups excluding carboxylic acids is 3. The quantitative estimate of drug-likeness (QED) is 0.329. The van der Waals surface area contributed by atoms with Crippen molar-refractivity contribution in [2.75, 3.05) is 44.6 Å². The van der Waals surface area contributed by atoms with E-state index >= 15 is 0 Å². The van der Waals surface area contributed by atoms with Gasteiger partial charge in [0.1, 0.15) is 11.6 Å². The van der Waals surface area contributed by atoms with Crippen LogP contribution in [0, 0.1) is 0 Å². The van der Waals surface area contributed by atoms with Crippen LogP contribution in [0.2, 0.25) is 0 Å². The Morgan fingerprint density at radius 2 is 1.82 bits per heavy atom. The van der Waals surface area contributed by atoms with Crippen LogP contribution in [0.15, 0.2) is 48.5 Å². The van der Waals surface area contributed by atoms with Crippen molar-refractivity contribution in [3.05, 3.63) is 54.1 Å². The number of benzene rings is 2. The van der Waals surface area contributed by atoms with Gasteiger partial charge >= 0.3 is 11.3 Å². The van der Waals surface area contributed by atoms with Gasteiger partial charge in [0.15, 0.2) is 0 Å². The fourth-order valence-electron chi connectivity index (χ4n) is 4.53. The number of ether oxygens (including phenoxy) is 2. The van der Waals surface area contributed by atoms with E-state index in [0.29, 0.717) is 18.5 Å². The predicted molar refractivity (Wildman–Crippen MR) is 165 cm³/mol. The fraction of sp³-hybridized carbons (Fsp3) is 0.500. The number of methoxy groups -OCH3 is 1. The summed E-state index contributed by atoms with van der Waals surface area (Å²) >= 11 is 2.87. The molecule has 0 radical (unpaired) electrons. The van der Waals surface area contributed by atoms with Crippen molar-refractivity contribution >= 4 is 46.4 Å². The van der Waals surface area contributed by atoms with E-state index in [1.165, 1.54) is 18.9 Å². The molecule has 3 atom stereocenters. The first kappa shape index (κ1) is 31.8. The Balaban J connectivity index is 1.75. The zero-order chi connectivity index (χ0) is 29.3. The summed E-state index contributed by atoms with van der Waals surface area (Å²) in [6, 6.07) is 15.1. The number of rotatable bonds is 11. The maximum atomic E-state index is 13.3. The van der Waals surface area contributed by atoms with Gasteiger partial charge < -0.3 is 25.0 Å². The topological polar surface area (TPSA) is 97.0 Å². The zero-order valence-corrected chi connectivity index (χ0v) is 25.8. The normalized spacial score (nSPS) is 18.1. The Labute approximate surface area is 246 Å². The number of amides is 1. The van der Waals surface area contributed by atoms with Crippen LogP contribution in [0.4, 0.5) is 10.5 Å². The summed E-state index contributed by atoms with van der Waals surface area (Å²) in [5.74, 6) is -0.0638. The predicted octanol–water partition coefficient (Wildman–Crippen LogP) is 5.53. The molecule has 1 aliphatic heterocycles. The molecule has 1 aliphatic rings. The molecule has 0 aliphatic carbocycles. The minimum atomic E-state index is -0.715. The monoisotopic (exact) mass is 587 g/mol. The van der Waals surface area contributed by atoms with Crippen molar-refractivity contribution in [2.45, 2.75) is 56.5 Å². The molecule has 2 aromatic rings. The first-order chi connectivity index (χ1) is 19.0. The van der Waals surface area contributed by atoms with Crippen LogP contribution in [0.25, 0.3) is 11.1 Å². The van der Waals surface area contributed by atoms with Gasteiger partial charge in [-0.3, -0.25) is 4.79 Å². The van der Waals surface area contributed by atoms with Crippen LogP contribution < -0.4 is 10.6 Å². The summed E-state index contributed by atoms with van der Waals surface area (Å²) in [6.07, 6.45) is 3.28. The third-order valence-corrected chi connectivity index (χ3v) is 8.14. The van der Waals surface area contributed by atoms with E-state index in [2.05, 4.69) is 22.6 Å². The molecule has 2 N–H and O–H groups in total. The van der Waals surface area contributed by atoms with Gasteiger partial charge in [0.05, 0.1) is 7.11 Å².